The van der Waals surface area contributed by atoms with E-state index in [-0.39, 0.29) is 0 Å². The van der Waals surface area contributed by atoms with Gasteiger partial charge in [-0.15, -0.1) is 0 Å². The molecular formula is C14H26O. The number of allylic oxidation sites excluding steroid dienone is 4. The van der Waals surface area contributed by atoms with Gasteiger partial charge in [-0.1, -0.05) is 23.3 Å². The smallest absolute Gasteiger partial charge is 0.0594 e. The minimum Gasteiger partial charge on any atom is -0.390 e. The van der Waals surface area contributed by atoms with E-state index in [0.29, 0.717) is 0 Å². The highest BCUT2D eigenvalue weighted by atomic mass is 16.3. The van der Waals surface area contributed by atoms with Crippen molar-refractivity contribution < 1.29 is 5.11 Å². The van der Waals surface area contributed by atoms with Crippen molar-refractivity contribution in [3.8, 4) is 0 Å². The lowest BCUT2D eigenvalue weighted by atomic mass is 10.0. The lowest BCUT2D eigenvalue weighted by Crippen LogP contribution is -2.17. The van der Waals surface area contributed by atoms with Gasteiger partial charge in [0.1, 0.15) is 0 Å². The topological polar surface area (TPSA) is 20.2 Å². The highest BCUT2D eigenvalue weighted by Crippen LogP contribution is 2.13. The minimum atomic E-state index is -0.531. The summed E-state index contributed by atoms with van der Waals surface area (Å²) in [5.74, 6) is 0. The second-order valence-electron chi connectivity index (χ2n) is 5.22. The third kappa shape index (κ3) is 11.4. The van der Waals surface area contributed by atoms with Crippen LogP contribution in [0.15, 0.2) is 23.3 Å². The Kier molecular flexibility index (Phi) is 6.58. The first kappa shape index (κ1) is 14.4. The van der Waals surface area contributed by atoms with E-state index < -0.39 is 5.60 Å². The molecule has 0 heterocycles. The van der Waals surface area contributed by atoms with E-state index in [1.165, 1.54) is 11.1 Å². The van der Waals surface area contributed by atoms with E-state index in [4.69, 9.17) is 0 Å². The van der Waals surface area contributed by atoms with Gasteiger partial charge < -0.3 is 5.11 Å². The molecule has 0 saturated heterocycles. The maximum atomic E-state index is 9.54. The van der Waals surface area contributed by atoms with Crippen LogP contribution < -0.4 is 0 Å². The predicted molar refractivity (Wildman–Crippen MR) is 68.0 cm³/mol. The maximum Gasteiger partial charge on any atom is 0.0594 e. The summed E-state index contributed by atoms with van der Waals surface area (Å²) < 4.78 is 0. The highest BCUT2D eigenvalue weighted by molar-refractivity contribution is 5.02. The highest BCUT2D eigenvalue weighted by Gasteiger charge is 2.09. The average Bonchev–Trinajstić information content (AvgIpc) is 2.00. The molecule has 1 nitrogen and oxygen atoms in total. The maximum absolute atomic E-state index is 9.54. The molecule has 0 unspecified atom stereocenters. The Morgan fingerprint density at radius 2 is 1.67 bits per heavy atom. The van der Waals surface area contributed by atoms with Crippen LogP contribution in [0.4, 0.5) is 0 Å². The molecule has 0 amide bonds. The Bertz CT molecular complexity index is 224. The summed E-state index contributed by atoms with van der Waals surface area (Å²) in [5, 5.41) is 9.54. The number of aliphatic hydroxyl groups is 1. The molecule has 1 heteroatoms. The van der Waals surface area contributed by atoms with Gasteiger partial charge in [0.05, 0.1) is 5.60 Å². The van der Waals surface area contributed by atoms with Gasteiger partial charge in [-0.05, 0) is 60.3 Å². The van der Waals surface area contributed by atoms with Gasteiger partial charge in [0.2, 0.25) is 0 Å². The van der Waals surface area contributed by atoms with Crippen molar-refractivity contribution in [2.45, 2.75) is 65.9 Å². The minimum absolute atomic E-state index is 0.531. The molecule has 0 aliphatic rings. The first-order valence-corrected chi connectivity index (χ1v) is 5.82. The van der Waals surface area contributed by atoms with E-state index >= 15 is 0 Å². The van der Waals surface area contributed by atoms with Crippen molar-refractivity contribution in [1.29, 1.82) is 0 Å². The van der Waals surface area contributed by atoms with Crippen molar-refractivity contribution in [1.82, 2.24) is 0 Å². The molecule has 1 N–H and O–H groups in total. The molecule has 0 saturated carbocycles. The molecule has 0 aliphatic carbocycles. The van der Waals surface area contributed by atoms with Crippen LogP contribution in [0.5, 0.6) is 0 Å². The van der Waals surface area contributed by atoms with Gasteiger partial charge in [-0.25, -0.2) is 0 Å². The zero-order chi connectivity index (χ0) is 11.9. The van der Waals surface area contributed by atoms with Crippen molar-refractivity contribution in [3.05, 3.63) is 23.3 Å². The summed E-state index contributed by atoms with van der Waals surface area (Å²) in [6, 6.07) is 0. The van der Waals surface area contributed by atoms with Gasteiger partial charge in [0, 0.05) is 0 Å². The zero-order valence-corrected chi connectivity index (χ0v) is 10.9. The summed E-state index contributed by atoms with van der Waals surface area (Å²) in [4.78, 5) is 0. The van der Waals surface area contributed by atoms with Crippen LogP contribution in [0.3, 0.4) is 0 Å². The van der Waals surface area contributed by atoms with Crippen LogP contribution in [0.1, 0.15) is 60.3 Å². The second kappa shape index (κ2) is 6.84. The lowest BCUT2D eigenvalue weighted by molar-refractivity contribution is 0.0721. The third-order valence-electron chi connectivity index (χ3n) is 2.34. The summed E-state index contributed by atoms with van der Waals surface area (Å²) >= 11 is 0. The Hall–Kier alpha value is -0.560. The lowest BCUT2D eigenvalue weighted by Gasteiger charge is -2.15. The van der Waals surface area contributed by atoms with Crippen molar-refractivity contribution in [2.24, 2.45) is 0 Å². The molecule has 0 aromatic rings. The Balaban J connectivity index is 3.75. The monoisotopic (exact) mass is 210 g/mol. The SMILES string of the molecule is CC(C)=CCC/C(C)=C/CCC(C)(C)O. The van der Waals surface area contributed by atoms with Gasteiger partial charge in [0.25, 0.3) is 0 Å². The first-order valence-electron chi connectivity index (χ1n) is 5.82. The molecule has 0 radical (unpaired) electrons. The largest absolute Gasteiger partial charge is 0.390 e. The molecule has 0 atom stereocenters. The van der Waals surface area contributed by atoms with Crippen LogP contribution in [0.2, 0.25) is 0 Å². The van der Waals surface area contributed by atoms with Gasteiger partial charge in [-0.3, -0.25) is 0 Å². The molecule has 0 aromatic carbocycles. The summed E-state index contributed by atoms with van der Waals surface area (Å²) in [5.41, 5.74) is 2.28. The third-order valence-corrected chi connectivity index (χ3v) is 2.34. The van der Waals surface area contributed by atoms with Crippen LogP contribution >= 0.6 is 0 Å². The molecule has 0 rings (SSSR count). The Morgan fingerprint density at radius 3 is 2.13 bits per heavy atom. The summed E-state index contributed by atoms with van der Waals surface area (Å²) in [6.07, 6.45) is 8.60. The Morgan fingerprint density at radius 1 is 1.07 bits per heavy atom. The molecule has 0 bridgehead atoms. The summed E-state index contributed by atoms with van der Waals surface area (Å²) in [7, 11) is 0. The van der Waals surface area contributed by atoms with E-state index in [0.717, 1.165) is 25.7 Å². The van der Waals surface area contributed by atoms with E-state index in [1.807, 2.05) is 13.8 Å². The van der Waals surface area contributed by atoms with Gasteiger partial charge >= 0.3 is 0 Å². The van der Waals surface area contributed by atoms with E-state index in [1.54, 1.807) is 0 Å². The first-order chi connectivity index (χ1) is 6.81. The van der Waals surface area contributed by atoms with Gasteiger partial charge in [0.15, 0.2) is 0 Å². The van der Waals surface area contributed by atoms with Crippen molar-refractivity contribution in [2.75, 3.05) is 0 Å². The van der Waals surface area contributed by atoms with Crippen LogP contribution in [0.25, 0.3) is 0 Å². The fraction of sp³-hybridized carbons (Fsp3) is 0.714. The number of hydrogen-bond donors (Lipinski definition) is 1. The van der Waals surface area contributed by atoms with Crippen LogP contribution in [-0.4, -0.2) is 10.7 Å². The standard InChI is InChI=1S/C14H26O/c1-12(2)8-6-9-13(3)10-7-11-14(4,5)15/h8,10,15H,6-7,9,11H2,1-5H3/b13-10+. The second-order valence-corrected chi connectivity index (χ2v) is 5.22. The van der Waals surface area contributed by atoms with E-state index in [2.05, 4.69) is 32.9 Å². The van der Waals surface area contributed by atoms with Crippen molar-refractivity contribution >= 4 is 0 Å². The molecule has 88 valence electrons. The molecule has 0 aromatic heterocycles. The number of rotatable bonds is 6. The molecule has 0 fully saturated rings. The van der Waals surface area contributed by atoms with Crippen LogP contribution in [0, 0.1) is 0 Å². The fourth-order valence-corrected chi connectivity index (χ4v) is 1.36. The van der Waals surface area contributed by atoms with E-state index in [9.17, 15) is 5.11 Å². The normalized spacial score (nSPS) is 12.8. The zero-order valence-electron chi connectivity index (χ0n) is 10.9. The molecule has 0 aliphatic heterocycles. The van der Waals surface area contributed by atoms with Crippen LogP contribution in [-0.2, 0) is 0 Å². The molecular weight excluding hydrogens is 184 g/mol. The molecule has 0 spiro atoms. The van der Waals surface area contributed by atoms with Gasteiger partial charge in [-0.2, -0.15) is 0 Å². The Labute approximate surface area is 94.9 Å². The number of hydrogen-bond acceptors (Lipinski definition) is 1. The summed E-state index contributed by atoms with van der Waals surface area (Å²) in [6.45, 7) is 10.2. The van der Waals surface area contributed by atoms with Crippen molar-refractivity contribution in [3.63, 3.8) is 0 Å². The predicted octanol–water partition coefficient (Wildman–Crippen LogP) is 4.23. The molecule has 15 heavy (non-hydrogen) atoms. The fourth-order valence-electron chi connectivity index (χ4n) is 1.36. The quantitative estimate of drug-likeness (QED) is 0.650. The average molecular weight is 210 g/mol.